The van der Waals surface area contributed by atoms with E-state index in [0.29, 0.717) is 6.54 Å². The van der Waals surface area contributed by atoms with Gasteiger partial charge in [0.15, 0.2) is 0 Å². The Kier molecular flexibility index (Phi) is 5.14. The molecule has 0 saturated carbocycles. The molecule has 1 heterocycles. The third-order valence-electron chi connectivity index (χ3n) is 3.86. The van der Waals surface area contributed by atoms with E-state index in [1.54, 1.807) is 0 Å². The van der Waals surface area contributed by atoms with Gasteiger partial charge in [-0.15, -0.1) is 0 Å². The van der Waals surface area contributed by atoms with E-state index in [0.717, 1.165) is 17.7 Å². The van der Waals surface area contributed by atoms with Crippen LogP contribution < -0.4 is 5.32 Å². The lowest BCUT2D eigenvalue weighted by molar-refractivity contribution is -0.131. The van der Waals surface area contributed by atoms with Gasteiger partial charge in [-0.05, 0) is 18.4 Å². The molecular formula is C16H21N3O3. The lowest BCUT2D eigenvalue weighted by atomic mass is 10.1. The maximum Gasteiger partial charge on any atom is 0.326 e. The van der Waals surface area contributed by atoms with Crippen molar-refractivity contribution < 1.29 is 14.4 Å². The topological polar surface area (TPSA) is 69.7 Å². The summed E-state index contributed by atoms with van der Waals surface area (Å²) in [4.78, 5) is 37.7. The monoisotopic (exact) mass is 303 g/mol. The fourth-order valence-electron chi connectivity index (χ4n) is 2.49. The SMILES string of the molecule is CN1C(=O)[C@@H](CC(=O)NCCCc2ccccc2)N(C)C1=O. The number of hydrogen-bond donors (Lipinski definition) is 1. The smallest absolute Gasteiger partial charge is 0.326 e. The van der Waals surface area contributed by atoms with Gasteiger partial charge < -0.3 is 10.2 Å². The Morgan fingerprint density at radius 1 is 1.18 bits per heavy atom. The van der Waals surface area contributed by atoms with Gasteiger partial charge in [0.2, 0.25) is 5.91 Å². The summed E-state index contributed by atoms with van der Waals surface area (Å²) in [6.07, 6.45) is 1.74. The van der Waals surface area contributed by atoms with Crippen LogP contribution in [-0.2, 0) is 16.0 Å². The highest BCUT2D eigenvalue weighted by atomic mass is 16.2. The number of carbonyl (C=O) groups is 3. The van der Waals surface area contributed by atoms with Gasteiger partial charge in [-0.25, -0.2) is 4.79 Å². The van der Waals surface area contributed by atoms with E-state index in [1.165, 1.54) is 24.6 Å². The molecule has 6 heteroatoms. The maximum absolute atomic E-state index is 11.9. The van der Waals surface area contributed by atoms with Crippen LogP contribution in [0.15, 0.2) is 30.3 Å². The standard InChI is InChI=1S/C16H21N3O3/c1-18-13(15(21)19(2)16(18)22)11-14(20)17-10-6-9-12-7-4-3-5-8-12/h3-5,7-8,13H,6,9-11H2,1-2H3,(H,17,20)/t13-/m1/s1. The van der Waals surface area contributed by atoms with Gasteiger partial charge in [0, 0.05) is 20.6 Å². The summed E-state index contributed by atoms with van der Waals surface area (Å²) in [6.45, 7) is 0.558. The molecule has 1 aliphatic heterocycles. The van der Waals surface area contributed by atoms with E-state index in [2.05, 4.69) is 17.4 Å². The first-order valence-corrected chi connectivity index (χ1v) is 7.35. The van der Waals surface area contributed by atoms with Gasteiger partial charge in [-0.1, -0.05) is 30.3 Å². The fraction of sp³-hybridized carbons (Fsp3) is 0.438. The molecule has 1 N–H and O–H groups in total. The normalized spacial score (nSPS) is 18.0. The lowest BCUT2D eigenvalue weighted by Gasteiger charge is -2.15. The number of aryl methyl sites for hydroxylation is 1. The van der Waals surface area contributed by atoms with Gasteiger partial charge in [0.05, 0.1) is 6.42 Å². The minimum absolute atomic E-state index is 0.0107. The molecule has 1 aromatic carbocycles. The molecule has 118 valence electrons. The molecule has 0 unspecified atom stereocenters. The van der Waals surface area contributed by atoms with Gasteiger partial charge in [-0.2, -0.15) is 0 Å². The Bertz CT molecular complexity index is 559. The van der Waals surface area contributed by atoms with E-state index < -0.39 is 6.04 Å². The Labute approximate surface area is 130 Å². The van der Waals surface area contributed by atoms with Crippen LogP contribution in [0.2, 0.25) is 0 Å². The number of benzene rings is 1. The zero-order valence-corrected chi connectivity index (χ0v) is 12.9. The minimum Gasteiger partial charge on any atom is -0.356 e. The molecular weight excluding hydrogens is 282 g/mol. The van der Waals surface area contributed by atoms with Crippen LogP contribution in [0.3, 0.4) is 0 Å². The summed E-state index contributed by atoms with van der Waals surface area (Å²) in [5.74, 6) is -0.534. The van der Waals surface area contributed by atoms with Crippen LogP contribution in [0, 0.1) is 0 Å². The maximum atomic E-state index is 11.9. The predicted molar refractivity (Wildman–Crippen MR) is 82.1 cm³/mol. The Hall–Kier alpha value is -2.37. The zero-order valence-electron chi connectivity index (χ0n) is 12.9. The first-order valence-electron chi connectivity index (χ1n) is 7.35. The Morgan fingerprint density at radius 3 is 2.45 bits per heavy atom. The largest absolute Gasteiger partial charge is 0.356 e. The van der Waals surface area contributed by atoms with E-state index in [-0.39, 0.29) is 24.3 Å². The van der Waals surface area contributed by atoms with E-state index in [9.17, 15) is 14.4 Å². The highest BCUT2D eigenvalue weighted by Gasteiger charge is 2.41. The Balaban J connectivity index is 1.72. The lowest BCUT2D eigenvalue weighted by Crippen LogP contribution is -2.37. The van der Waals surface area contributed by atoms with Crippen molar-refractivity contribution in [3.8, 4) is 0 Å². The van der Waals surface area contributed by atoms with Crippen molar-refractivity contribution in [1.29, 1.82) is 0 Å². The molecule has 0 spiro atoms. The van der Waals surface area contributed by atoms with Crippen molar-refractivity contribution >= 4 is 17.8 Å². The average Bonchev–Trinajstić information content (AvgIpc) is 2.70. The van der Waals surface area contributed by atoms with Crippen LogP contribution in [-0.4, -0.2) is 54.3 Å². The summed E-state index contributed by atoms with van der Waals surface area (Å²) < 4.78 is 0. The molecule has 1 atom stereocenters. The summed E-state index contributed by atoms with van der Waals surface area (Å²) in [6, 6.07) is 8.99. The van der Waals surface area contributed by atoms with Crippen molar-refractivity contribution in [1.82, 2.24) is 15.1 Å². The molecule has 1 fully saturated rings. The second kappa shape index (κ2) is 7.06. The molecule has 0 radical (unpaired) electrons. The number of nitrogens with zero attached hydrogens (tertiary/aromatic N) is 2. The number of carbonyl (C=O) groups excluding carboxylic acids is 3. The number of amides is 4. The quantitative estimate of drug-likeness (QED) is 0.630. The molecule has 1 aliphatic rings. The average molecular weight is 303 g/mol. The third kappa shape index (κ3) is 3.63. The van der Waals surface area contributed by atoms with Crippen LogP contribution >= 0.6 is 0 Å². The summed E-state index contributed by atoms with van der Waals surface area (Å²) in [7, 11) is 2.97. The second-order valence-corrected chi connectivity index (χ2v) is 5.45. The number of urea groups is 1. The van der Waals surface area contributed by atoms with Crippen molar-refractivity contribution in [2.45, 2.75) is 25.3 Å². The summed E-state index contributed by atoms with van der Waals surface area (Å²) in [5.41, 5.74) is 1.23. The number of likely N-dealkylation sites (N-methyl/N-ethyl adjacent to an activating group) is 2. The molecule has 2 rings (SSSR count). The van der Waals surface area contributed by atoms with Crippen LogP contribution in [0.5, 0.6) is 0 Å². The van der Waals surface area contributed by atoms with E-state index in [1.807, 2.05) is 18.2 Å². The van der Waals surface area contributed by atoms with Crippen molar-refractivity contribution in [3.63, 3.8) is 0 Å². The van der Waals surface area contributed by atoms with Gasteiger partial charge in [0.25, 0.3) is 5.91 Å². The van der Waals surface area contributed by atoms with Gasteiger partial charge in [0.1, 0.15) is 6.04 Å². The minimum atomic E-state index is -0.688. The first-order chi connectivity index (χ1) is 10.5. The van der Waals surface area contributed by atoms with E-state index in [4.69, 9.17) is 0 Å². The summed E-state index contributed by atoms with van der Waals surface area (Å²) >= 11 is 0. The molecule has 0 bridgehead atoms. The van der Waals surface area contributed by atoms with Crippen LogP contribution in [0.1, 0.15) is 18.4 Å². The second-order valence-electron chi connectivity index (χ2n) is 5.45. The fourth-order valence-corrected chi connectivity index (χ4v) is 2.49. The molecule has 0 aliphatic carbocycles. The van der Waals surface area contributed by atoms with Crippen molar-refractivity contribution in [2.24, 2.45) is 0 Å². The number of rotatable bonds is 6. The highest BCUT2D eigenvalue weighted by Crippen LogP contribution is 2.16. The van der Waals surface area contributed by atoms with Gasteiger partial charge >= 0.3 is 6.03 Å². The number of hydrogen-bond acceptors (Lipinski definition) is 3. The molecule has 6 nitrogen and oxygen atoms in total. The van der Waals surface area contributed by atoms with E-state index >= 15 is 0 Å². The van der Waals surface area contributed by atoms with Gasteiger partial charge in [-0.3, -0.25) is 14.5 Å². The third-order valence-corrected chi connectivity index (χ3v) is 3.86. The molecule has 22 heavy (non-hydrogen) atoms. The molecule has 4 amide bonds. The van der Waals surface area contributed by atoms with Crippen molar-refractivity contribution in [3.05, 3.63) is 35.9 Å². The molecule has 1 saturated heterocycles. The predicted octanol–water partition coefficient (Wildman–Crippen LogP) is 1.02. The number of imide groups is 1. The van der Waals surface area contributed by atoms with Crippen LogP contribution in [0.4, 0.5) is 4.79 Å². The number of nitrogens with one attached hydrogen (secondary N) is 1. The zero-order chi connectivity index (χ0) is 16.1. The molecule has 1 aromatic rings. The summed E-state index contributed by atoms with van der Waals surface area (Å²) in [5, 5.41) is 2.80. The highest BCUT2D eigenvalue weighted by molar-refractivity contribution is 6.05. The first kappa shape index (κ1) is 16.0. The Morgan fingerprint density at radius 2 is 1.86 bits per heavy atom. The molecule has 0 aromatic heterocycles. The van der Waals surface area contributed by atoms with Crippen LogP contribution in [0.25, 0.3) is 0 Å². The van der Waals surface area contributed by atoms with Crippen molar-refractivity contribution in [2.75, 3.05) is 20.6 Å².